The number of aliphatic imine (C=N–C) groups is 1. The van der Waals surface area contributed by atoms with Gasteiger partial charge in [-0.3, -0.25) is 4.99 Å². The number of anilines is 1. The molecule has 1 N–H and O–H groups in total. The second-order valence-corrected chi connectivity index (χ2v) is 12.2. The van der Waals surface area contributed by atoms with Crippen LogP contribution < -0.4 is 5.32 Å². The highest BCUT2D eigenvalue weighted by Crippen LogP contribution is 2.37. The van der Waals surface area contributed by atoms with Gasteiger partial charge in [0.2, 0.25) is 0 Å². The molecule has 0 saturated heterocycles. The topological polar surface area (TPSA) is 29.3 Å². The van der Waals surface area contributed by atoms with Gasteiger partial charge in [-0.2, -0.15) is 0 Å². The quantitative estimate of drug-likeness (QED) is 0.110. The van der Waals surface area contributed by atoms with Gasteiger partial charge in [0.15, 0.2) is 0 Å². The van der Waals surface area contributed by atoms with Gasteiger partial charge in [0.1, 0.15) is 0 Å². The summed E-state index contributed by atoms with van der Waals surface area (Å²) in [6.45, 7) is 10.3. The van der Waals surface area contributed by atoms with E-state index in [1.54, 1.807) is 6.21 Å². The van der Waals surface area contributed by atoms with E-state index in [4.69, 9.17) is 0 Å². The van der Waals surface area contributed by atoms with Crippen molar-refractivity contribution in [3.05, 3.63) is 205 Å². The van der Waals surface area contributed by atoms with E-state index in [-0.39, 0.29) is 0 Å². The second-order valence-electron chi connectivity index (χ2n) is 12.2. The van der Waals surface area contributed by atoms with Crippen LogP contribution in [0.15, 0.2) is 193 Å². The fourth-order valence-corrected chi connectivity index (χ4v) is 6.35. The summed E-state index contributed by atoms with van der Waals surface area (Å²) in [6.07, 6.45) is 17.1. The first kappa shape index (κ1) is 32.1. The van der Waals surface area contributed by atoms with E-state index in [2.05, 4.69) is 174 Å². The van der Waals surface area contributed by atoms with Gasteiger partial charge >= 0.3 is 0 Å². The standard InChI is InChI=1S/C47H39N3/c1-4-5-30-48-35(3)34(2)22-23-41(33-49-42-19-12-18-39(31-42)37-16-10-7-11-17-37)40-26-29-45-44-20-13-21-46(44)50(47(45)32-40)43-27-24-38(25-28-43)36-14-8-6-9-15-36/h4-20,22-33,49H,2-3,21H2,1H3/b5-4-,23-22-,41-33+,48-30?. The molecule has 5 aromatic carbocycles. The fourth-order valence-electron chi connectivity index (χ4n) is 6.35. The predicted octanol–water partition coefficient (Wildman–Crippen LogP) is 12.3. The van der Waals surface area contributed by atoms with Crippen molar-refractivity contribution in [2.45, 2.75) is 13.3 Å². The van der Waals surface area contributed by atoms with Crippen LogP contribution in [0, 0.1) is 0 Å². The highest BCUT2D eigenvalue weighted by Gasteiger charge is 2.20. The van der Waals surface area contributed by atoms with Crippen molar-refractivity contribution in [3.8, 4) is 27.9 Å². The average molecular weight is 646 g/mol. The number of aromatic nitrogens is 1. The summed E-state index contributed by atoms with van der Waals surface area (Å²) in [4.78, 5) is 4.43. The maximum Gasteiger partial charge on any atom is 0.0624 e. The fraction of sp³-hybridized carbons (Fsp3) is 0.0426. The molecule has 50 heavy (non-hydrogen) atoms. The van der Waals surface area contributed by atoms with Gasteiger partial charge in [0.05, 0.1) is 11.2 Å². The monoisotopic (exact) mass is 645 g/mol. The van der Waals surface area contributed by atoms with Crippen molar-refractivity contribution in [1.82, 2.24) is 4.57 Å². The third-order valence-electron chi connectivity index (χ3n) is 8.98. The number of benzene rings is 5. The Labute approximate surface area is 295 Å². The molecule has 1 aliphatic carbocycles. The lowest BCUT2D eigenvalue weighted by Crippen LogP contribution is -1.99. The second kappa shape index (κ2) is 14.8. The minimum atomic E-state index is 0.619. The molecule has 3 heteroatoms. The highest BCUT2D eigenvalue weighted by molar-refractivity contribution is 5.96. The first-order valence-electron chi connectivity index (χ1n) is 16.9. The molecule has 0 bridgehead atoms. The first-order chi connectivity index (χ1) is 24.6. The molecule has 0 fully saturated rings. The van der Waals surface area contributed by atoms with E-state index in [1.807, 2.05) is 31.2 Å². The lowest BCUT2D eigenvalue weighted by Gasteiger charge is -2.13. The molecule has 0 saturated carbocycles. The average Bonchev–Trinajstić information content (AvgIpc) is 3.76. The minimum Gasteiger partial charge on any atom is -0.361 e. The summed E-state index contributed by atoms with van der Waals surface area (Å²) in [5, 5.41) is 4.82. The Balaban J connectivity index is 1.28. The molecule has 0 unspecified atom stereocenters. The summed E-state index contributed by atoms with van der Waals surface area (Å²) >= 11 is 0. The molecule has 0 spiro atoms. The molecule has 3 nitrogen and oxygen atoms in total. The molecule has 1 aliphatic rings. The van der Waals surface area contributed by atoms with Gasteiger partial charge in [-0.25, -0.2) is 0 Å². The molecular formula is C47H39N3. The van der Waals surface area contributed by atoms with E-state index < -0.39 is 0 Å². The molecule has 0 radical (unpaired) electrons. The Bertz CT molecular complexity index is 2330. The van der Waals surface area contributed by atoms with Crippen LogP contribution in [0.25, 0.3) is 50.5 Å². The molecule has 0 amide bonds. The number of allylic oxidation sites excluding steroid dienone is 6. The van der Waals surface area contributed by atoms with Crippen LogP contribution in [-0.2, 0) is 6.42 Å². The van der Waals surface area contributed by atoms with Crippen LogP contribution in [-0.4, -0.2) is 10.8 Å². The van der Waals surface area contributed by atoms with Gasteiger partial charge in [-0.05, 0) is 82.3 Å². The van der Waals surface area contributed by atoms with Crippen molar-refractivity contribution in [3.63, 3.8) is 0 Å². The van der Waals surface area contributed by atoms with Crippen LogP contribution in [0.3, 0.4) is 0 Å². The Kier molecular flexibility index (Phi) is 9.48. The number of hydrogen-bond donors (Lipinski definition) is 1. The van der Waals surface area contributed by atoms with Crippen LogP contribution in [0.4, 0.5) is 5.69 Å². The molecule has 1 aromatic heterocycles. The predicted molar refractivity (Wildman–Crippen MR) is 216 cm³/mol. The van der Waals surface area contributed by atoms with Crippen LogP contribution in [0.5, 0.6) is 0 Å². The van der Waals surface area contributed by atoms with Crippen molar-refractivity contribution in [2.24, 2.45) is 4.99 Å². The molecule has 6 aromatic rings. The zero-order valence-corrected chi connectivity index (χ0v) is 28.3. The Morgan fingerprint density at radius 3 is 2.18 bits per heavy atom. The lowest BCUT2D eigenvalue weighted by atomic mass is 10.0. The summed E-state index contributed by atoms with van der Waals surface area (Å²) in [6, 6.07) is 45.1. The van der Waals surface area contributed by atoms with Gasteiger partial charge in [-0.1, -0.05) is 141 Å². The highest BCUT2D eigenvalue weighted by atomic mass is 15.0. The maximum absolute atomic E-state index is 4.43. The lowest BCUT2D eigenvalue weighted by molar-refractivity contribution is 1.01. The number of rotatable bonds is 11. The summed E-state index contributed by atoms with van der Waals surface area (Å²) in [7, 11) is 0. The van der Waals surface area contributed by atoms with Crippen LogP contribution in [0.1, 0.15) is 23.7 Å². The van der Waals surface area contributed by atoms with E-state index in [9.17, 15) is 0 Å². The van der Waals surface area contributed by atoms with Gasteiger partial charge in [0, 0.05) is 46.9 Å². The summed E-state index contributed by atoms with van der Waals surface area (Å²) < 4.78 is 2.41. The van der Waals surface area contributed by atoms with E-state index in [0.717, 1.165) is 40.1 Å². The third-order valence-corrected chi connectivity index (χ3v) is 8.98. The van der Waals surface area contributed by atoms with Crippen molar-refractivity contribution in [1.29, 1.82) is 0 Å². The van der Waals surface area contributed by atoms with Crippen molar-refractivity contribution in [2.75, 3.05) is 5.32 Å². The zero-order chi connectivity index (χ0) is 34.3. The maximum atomic E-state index is 4.43. The van der Waals surface area contributed by atoms with E-state index in [1.165, 1.54) is 38.9 Å². The number of nitrogens with zero attached hydrogens (tertiary/aromatic N) is 2. The Morgan fingerprint density at radius 2 is 1.44 bits per heavy atom. The third kappa shape index (κ3) is 6.89. The number of fused-ring (bicyclic) bond motifs is 3. The van der Waals surface area contributed by atoms with Gasteiger partial charge in [-0.15, -0.1) is 0 Å². The van der Waals surface area contributed by atoms with Crippen LogP contribution >= 0.6 is 0 Å². The summed E-state index contributed by atoms with van der Waals surface area (Å²) in [5.41, 5.74) is 14.1. The van der Waals surface area contributed by atoms with Gasteiger partial charge in [0.25, 0.3) is 0 Å². The SMILES string of the molecule is C=C(/C=C\C(=C/Nc1cccc(-c2ccccc2)c1)c1ccc2c3c(n(-c4ccc(-c5ccccc5)cc4)c2c1)CC=C3)C(=C)N=C/C=C\C. The largest absolute Gasteiger partial charge is 0.361 e. The Morgan fingerprint density at radius 1 is 0.740 bits per heavy atom. The van der Waals surface area contributed by atoms with Gasteiger partial charge < -0.3 is 9.88 Å². The normalized spacial score (nSPS) is 12.8. The molecule has 7 rings (SSSR count). The van der Waals surface area contributed by atoms with Crippen molar-refractivity contribution >= 4 is 34.5 Å². The van der Waals surface area contributed by atoms with Crippen LogP contribution in [0.2, 0.25) is 0 Å². The molecule has 242 valence electrons. The minimum absolute atomic E-state index is 0.619. The number of hydrogen-bond acceptors (Lipinski definition) is 2. The zero-order valence-electron chi connectivity index (χ0n) is 28.3. The molecular weight excluding hydrogens is 607 g/mol. The smallest absolute Gasteiger partial charge is 0.0624 e. The Hall–Kier alpha value is -6.45. The summed E-state index contributed by atoms with van der Waals surface area (Å²) in [5.74, 6) is 0. The molecule has 1 heterocycles. The molecule has 0 aliphatic heterocycles. The van der Waals surface area contributed by atoms with E-state index >= 15 is 0 Å². The number of nitrogens with one attached hydrogen (secondary N) is 1. The first-order valence-corrected chi connectivity index (χ1v) is 16.9. The van der Waals surface area contributed by atoms with E-state index in [0.29, 0.717) is 5.70 Å². The van der Waals surface area contributed by atoms with Crippen molar-refractivity contribution < 1.29 is 0 Å². The molecule has 0 atom stereocenters.